The summed E-state index contributed by atoms with van der Waals surface area (Å²) in [5, 5.41) is 9.52. The third-order valence-corrected chi connectivity index (χ3v) is 3.58. The Labute approximate surface area is 119 Å². The number of esters is 1. The quantitative estimate of drug-likeness (QED) is 0.648. The van der Waals surface area contributed by atoms with Gasteiger partial charge in [-0.25, -0.2) is 0 Å². The van der Waals surface area contributed by atoms with Crippen molar-refractivity contribution < 1.29 is 27.8 Å². The Morgan fingerprint density at radius 1 is 1.35 bits per heavy atom. The van der Waals surface area contributed by atoms with Crippen LogP contribution in [0.4, 0.5) is 13.2 Å². The van der Waals surface area contributed by atoms with Crippen LogP contribution in [0.3, 0.4) is 0 Å². The van der Waals surface area contributed by atoms with Gasteiger partial charge in [0, 0.05) is 10.6 Å². The second-order valence-electron chi connectivity index (χ2n) is 4.09. The summed E-state index contributed by atoms with van der Waals surface area (Å²) in [6.45, 7) is 0. The highest BCUT2D eigenvalue weighted by atomic mass is 32.2. The molecule has 0 amide bonds. The number of methoxy groups -OCH3 is 1. The predicted octanol–water partition coefficient (Wildman–Crippen LogP) is 3.11. The topological polar surface area (TPSA) is 46.5 Å². The van der Waals surface area contributed by atoms with Crippen molar-refractivity contribution in [2.45, 2.75) is 30.0 Å². The molecule has 0 aliphatic rings. The zero-order valence-corrected chi connectivity index (χ0v) is 11.6. The average molecular weight is 308 g/mol. The lowest BCUT2D eigenvalue weighted by Crippen LogP contribution is -2.15. The average Bonchev–Trinajstić information content (AvgIpc) is 2.38. The van der Waals surface area contributed by atoms with Gasteiger partial charge in [-0.05, 0) is 30.7 Å². The fourth-order valence-corrected chi connectivity index (χ4v) is 2.38. The predicted molar refractivity (Wildman–Crippen MR) is 69.4 cm³/mol. The molecule has 7 heteroatoms. The van der Waals surface area contributed by atoms with Crippen LogP contribution in [0.5, 0.6) is 0 Å². The number of ether oxygens (including phenoxy) is 1. The summed E-state index contributed by atoms with van der Waals surface area (Å²) in [5.41, 5.74) is -0.687. The summed E-state index contributed by atoms with van der Waals surface area (Å²) in [7, 11) is 1.24. The van der Waals surface area contributed by atoms with Crippen molar-refractivity contribution in [3.63, 3.8) is 0 Å². The van der Waals surface area contributed by atoms with Gasteiger partial charge < -0.3 is 9.84 Å². The Balaban J connectivity index is 2.37. The SMILES string of the molecule is COC(=O)CC(O)CCSc1ccc(C(F)(F)F)cc1. The molecule has 0 heterocycles. The van der Waals surface area contributed by atoms with Gasteiger partial charge in [-0.3, -0.25) is 4.79 Å². The second kappa shape index (κ2) is 7.54. The number of thioether (sulfide) groups is 1. The Hall–Kier alpha value is -1.21. The molecule has 1 rings (SSSR count). The van der Waals surface area contributed by atoms with Crippen molar-refractivity contribution in [1.82, 2.24) is 0 Å². The summed E-state index contributed by atoms with van der Waals surface area (Å²) in [5.74, 6) is 0.0146. The fraction of sp³-hybridized carbons (Fsp3) is 0.462. The largest absolute Gasteiger partial charge is 0.469 e. The number of hydrogen-bond donors (Lipinski definition) is 1. The van der Waals surface area contributed by atoms with Gasteiger partial charge in [-0.2, -0.15) is 13.2 Å². The highest BCUT2D eigenvalue weighted by Gasteiger charge is 2.29. The van der Waals surface area contributed by atoms with Crippen LogP contribution < -0.4 is 0 Å². The molecule has 0 aromatic heterocycles. The molecule has 1 aromatic carbocycles. The zero-order valence-electron chi connectivity index (χ0n) is 10.8. The minimum Gasteiger partial charge on any atom is -0.469 e. The number of hydrogen-bond acceptors (Lipinski definition) is 4. The number of alkyl halides is 3. The maximum atomic E-state index is 12.3. The molecular formula is C13H15F3O3S. The van der Waals surface area contributed by atoms with Crippen LogP contribution >= 0.6 is 11.8 Å². The molecule has 0 aliphatic heterocycles. The van der Waals surface area contributed by atoms with Gasteiger partial charge in [-0.1, -0.05) is 0 Å². The molecule has 1 N–H and O–H groups in total. The van der Waals surface area contributed by atoms with Crippen LogP contribution in [0.2, 0.25) is 0 Å². The zero-order chi connectivity index (χ0) is 15.2. The van der Waals surface area contributed by atoms with Crippen molar-refractivity contribution >= 4 is 17.7 Å². The van der Waals surface area contributed by atoms with Gasteiger partial charge in [0.2, 0.25) is 0 Å². The van der Waals surface area contributed by atoms with E-state index in [1.165, 1.54) is 31.0 Å². The summed E-state index contributed by atoms with van der Waals surface area (Å²) >= 11 is 1.32. The van der Waals surface area contributed by atoms with E-state index >= 15 is 0 Å². The van der Waals surface area contributed by atoms with Crippen molar-refractivity contribution in [3.05, 3.63) is 29.8 Å². The number of aliphatic hydroxyl groups excluding tert-OH is 1. The third-order valence-electron chi connectivity index (χ3n) is 2.53. The lowest BCUT2D eigenvalue weighted by molar-refractivity contribution is -0.142. The molecule has 0 aliphatic carbocycles. The summed E-state index contributed by atoms with van der Waals surface area (Å²) in [6.07, 6.45) is -4.85. The van der Waals surface area contributed by atoms with Gasteiger partial charge in [0.1, 0.15) is 0 Å². The van der Waals surface area contributed by atoms with Crippen molar-refractivity contribution in [2.24, 2.45) is 0 Å². The van der Waals surface area contributed by atoms with Crippen molar-refractivity contribution in [2.75, 3.05) is 12.9 Å². The number of halogens is 3. The van der Waals surface area contributed by atoms with E-state index in [9.17, 15) is 23.1 Å². The molecule has 0 bridgehead atoms. The highest BCUT2D eigenvalue weighted by Crippen LogP contribution is 2.30. The van der Waals surface area contributed by atoms with E-state index in [2.05, 4.69) is 4.74 Å². The molecule has 0 spiro atoms. The summed E-state index contributed by atoms with van der Waals surface area (Å²) in [6, 6.07) is 4.82. The van der Waals surface area contributed by atoms with E-state index in [-0.39, 0.29) is 6.42 Å². The molecule has 0 saturated carbocycles. The fourth-order valence-electron chi connectivity index (χ4n) is 1.43. The maximum Gasteiger partial charge on any atom is 0.416 e. The van der Waals surface area contributed by atoms with Crippen LogP contribution in [0.1, 0.15) is 18.4 Å². The molecule has 0 saturated heterocycles. The summed E-state index contributed by atoms with van der Waals surface area (Å²) in [4.78, 5) is 11.6. The van der Waals surface area contributed by atoms with Crippen LogP contribution in [0.15, 0.2) is 29.2 Å². The first-order chi connectivity index (χ1) is 9.32. The minimum atomic E-state index is -4.33. The minimum absolute atomic E-state index is 0.0793. The highest BCUT2D eigenvalue weighted by molar-refractivity contribution is 7.99. The molecule has 20 heavy (non-hydrogen) atoms. The molecule has 112 valence electrons. The van der Waals surface area contributed by atoms with Gasteiger partial charge in [0.25, 0.3) is 0 Å². The van der Waals surface area contributed by atoms with E-state index in [1.54, 1.807) is 0 Å². The molecule has 0 radical (unpaired) electrons. The van der Waals surface area contributed by atoms with Gasteiger partial charge in [0.15, 0.2) is 0 Å². The Kier molecular flexibility index (Phi) is 6.35. The second-order valence-corrected chi connectivity index (χ2v) is 5.26. The van der Waals surface area contributed by atoms with Crippen LogP contribution in [-0.4, -0.2) is 30.0 Å². The van der Waals surface area contributed by atoms with E-state index < -0.39 is 23.8 Å². The lowest BCUT2D eigenvalue weighted by Gasteiger charge is -2.09. The summed E-state index contributed by atoms with van der Waals surface area (Å²) < 4.78 is 41.5. The first kappa shape index (κ1) is 16.8. The van der Waals surface area contributed by atoms with E-state index in [4.69, 9.17) is 0 Å². The molecule has 1 aromatic rings. The molecule has 1 atom stereocenters. The molecule has 1 unspecified atom stereocenters. The van der Waals surface area contributed by atoms with Crippen molar-refractivity contribution in [3.8, 4) is 0 Å². The normalized spacial score (nSPS) is 13.1. The van der Waals surface area contributed by atoms with Gasteiger partial charge in [-0.15, -0.1) is 11.8 Å². The third kappa shape index (κ3) is 5.83. The molecular weight excluding hydrogens is 293 g/mol. The van der Waals surface area contributed by atoms with Crippen LogP contribution in [0, 0.1) is 0 Å². The Bertz CT molecular complexity index is 431. The lowest BCUT2D eigenvalue weighted by atomic mass is 10.2. The first-order valence-corrected chi connectivity index (χ1v) is 6.86. The van der Waals surface area contributed by atoms with Crippen molar-refractivity contribution in [1.29, 1.82) is 0 Å². The Morgan fingerprint density at radius 3 is 2.45 bits per heavy atom. The molecule has 0 fully saturated rings. The maximum absolute atomic E-state index is 12.3. The monoisotopic (exact) mass is 308 g/mol. The molecule has 3 nitrogen and oxygen atoms in total. The van der Waals surface area contributed by atoms with Gasteiger partial charge in [0.05, 0.1) is 25.2 Å². The number of carbonyl (C=O) groups excluding carboxylic acids is 1. The van der Waals surface area contributed by atoms with E-state index in [0.717, 1.165) is 12.1 Å². The number of carbonyl (C=O) groups is 1. The Morgan fingerprint density at radius 2 is 1.95 bits per heavy atom. The van der Waals surface area contributed by atoms with Gasteiger partial charge >= 0.3 is 12.1 Å². The standard InChI is InChI=1S/C13H15F3O3S/c1-19-12(18)8-10(17)6-7-20-11-4-2-9(3-5-11)13(14,15)16/h2-5,10,17H,6-8H2,1H3. The number of benzene rings is 1. The first-order valence-electron chi connectivity index (χ1n) is 5.88. The van der Waals surface area contributed by atoms with E-state index in [0.29, 0.717) is 17.1 Å². The number of aliphatic hydroxyl groups is 1. The smallest absolute Gasteiger partial charge is 0.416 e. The van der Waals surface area contributed by atoms with Crippen LogP contribution in [0.25, 0.3) is 0 Å². The van der Waals surface area contributed by atoms with E-state index in [1.807, 2.05) is 0 Å². The number of rotatable bonds is 6. The van der Waals surface area contributed by atoms with Crippen LogP contribution in [-0.2, 0) is 15.7 Å².